The van der Waals surface area contributed by atoms with Crippen LogP contribution in [-0.2, 0) is 9.53 Å². The van der Waals surface area contributed by atoms with Crippen molar-refractivity contribution in [3.8, 4) is 5.75 Å². The number of hydrogen-bond donors (Lipinski definition) is 2. The van der Waals surface area contributed by atoms with E-state index in [-0.39, 0.29) is 17.9 Å². The van der Waals surface area contributed by atoms with Crippen LogP contribution in [0.5, 0.6) is 5.75 Å². The van der Waals surface area contributed by atoms with E-state index in [2.05, 4.69) is 4.74 Å². The largest absolute Gasteiger partial charge is 0.507 e. The van der Waals surface area contributed by atoms with Gasteiger partial charge in [-0.25, -0.2) is 4.79 Å². The van der Waals surface area contributed by atoms with Crippen molar-refractivity contribution >= 4 is 5.97 Å². The van der Waals surface area contributed by atoms with E-state index in [9.17, 15) is 15.0 Å². The number of rotatable bonds is 3. The first-order chi connectivity index (χ1) is 7.07. The van der Waals surface area contributed by atoms with Gasteiger partial charge in [0, 0.05) is 5.56 Å². The molecule has 15 heavy (non-hydrogen) atoms. The highest BCUT2D eigenvalue weighted by Crippen LogP contribution is 2.27. The van der Waals surface area contributed by atoms with E-state index < -0.39 is 12.1 Å². The highest BCUT2D eigenvalue weighted by Gasteiger charge is 2.22. The van der Waals surface area contributed by atoms with Crippen LogP contribution >= 0.6 is 0 Å². The Bertz CT molecular complexity index is 360. The van der Waals surface area contributed by atoms with E-state index >= 15 is 0 Å². The molecule has 82 valence electrons. The Hall–Kier alpha value is -1.55. The first-order valence-corrected chi connectivity index (χ1v) is 4.71. The maximum Gasteiger partial charge on any atom is 0.339 e. The first-order valence-electron chi connectivity index (χ1n) is 4.71. The Kier molecular flexibility index (Phi) is 3.68. The number of benzene rings is 1. The van der Waals surface area contributed by atoms with Crippen molar-refractivity contribution < 1.29 is 19.7 Å². The molecular formula is C11H14O4. The molecular weight excluding hydrogens is 196 g/mol. The van der Waals surface area contributed by atoms with Crippen LogP contribution in [0.2, 0.25) is 0 Å². The molecule has 0 amide bonds. The number of phenolic OH excluding ortho intramolecular Hbond substituents is 1. The minimum absolute atomic E-state index is 0.0712. The normalized spacial score (nSPS) is 12.2. The summed E-state index contributed by atoms with van der Waals surface area (Å²) < 4.78 is 4.65. The molecule has 0 saturated heterocycles. The van der Waals surface area contributed by atoms with Crippen molar-refractivity contribution in [2.75, 3.05) is 6.61 Å². The second kappa shape index (κ2) is 4.79. The number of esters is 1. The van der Waals surface area contributed by atoms with E-state index in [4.69, 9.17) is 0 Å². The Morgan fingerprint density at radius 2 is 2.20 bits per heavy atom. The third kappa shape index (κ3) is 2.47. The van der Waals surface area contributed by atoms with Crippen LogP contribution < -0.4 is 0 Å². The molecule has 1 atom stereocenters. The van der Waals surface area contributed by atoms with Gasteiger partial charge in [-0.2, -0.15) is 0 Å². The Morgan fingerprint density at radius 1 is 1.53 bits per heavy atom. The fraction of sp³-hybridized carbons (Fsp3) is 0.364. The van der Waals surface area contributed by atoms with Gasteiger partial charge in [0.2, 0.25) is 0 Å². The number of carbonyl (C=O) groups excluding carboxylic acids is 1. The van der Waals surface area contributed by atoms with Crippen molar-refractivity contribution in [3.05, 3.63) is 29.3 Å². The number of carbonyl (C=O) groups is 1. The summed E-state index contributed by atoms with van der Waals surface area (Å²) in [7, 11) is 0. The molecule has 4 heteroatoms. The van der Waals surface area contributed by atoms with Gasteiger partial charge in [-0.3, -0.25) is 0 Å². The lowest BCUT2D eigenvalue weighted by Crippen LogP contribution is -2.15. The number of para-hydroxylation sites is 1. The van der Waals surface area contributed by atoms with Gasteiger partial charge < -0.3 is 14.9 Å². The Balaban J connectivity index is 2.96. The fourth-order valence-electron chi connectivity index (χ4n) is 1.25. The zero-order chi connectivity index (χ0) is 11.4. The van der Waals surface area contributed by atoms with Crippen molar-refractivity contribution in [2.24, 2.45) is 0 Å². The van der Waals surface area contributed by atoms with E-state index in [1.807, 2.05) is 0 Å². The lowest BCUT2D eigenvalue weighted by molar-refractivity contribution is -0.153. The molecule has 0 aliphatic rings. The molecule has 2 N–H and O–H groups in total. The first kappa shape index (κ1) is 11.5. The van der Waals surface area contributed by atoms with Gasteiger partial charge in [0.15, 0.2) is 6.10 Å². The third-order valence-corrected chi connectivity index (χ3v) is 2.07. The number of aliphatic hydroxyl groups excluding tert-OH is 1. The van der Waals surface area contributed by atoms with Crippen molar-refractivity contribution in [1.82, 2.24) is 0 Å². The molecule has 0 fully saturated rings. The van der Waals surface area contributed by atoms with Crippen LogP contribution in [0.3, 0.4) is 0 Å². The highest BCUT2D eigenvalue weighted by atomic mass is 16.5. The maximum absolute atomic E-state index is 11.2. The van der Waals surface area contributed by atoms with E-state index in [0.29, 0.717) is 5.56 Å². The lowest BCUT2D eigenvalue weighted by atomic mass is 10.1. The van der Waals surface area contributed by atoms with Gasteiger partial charge in [-0.05, 0) is 19.4 Å². The molecule has 1 rings (SSSR count). The fourth-order valence-corrected chi connectivity index (χ4v) is 1.25. The predicted octanol–water partition coefficient (Wildman–Crippen LogP) is 1.30. The number of aliphatic hydroxyl groups is 1. The number of phenols is 1. The van der Waals surface area contributed by atoms with Crippen molar-refractivity contribution in [3.63, 3.8) is 0 Å². The number of aromatic hydroxyl groups is 1. The topological polar surface area (TPSA) is 66.8 Å². The molecule has 0 bridgehead atoms. The summed E-state index contributed by atoms with van der Waals surface area (Å²) in [6.45, 7) is 3.54. The van der Waals surface area contributed by atoms with E-state index in [1.54, 1.807) is 26.0 Å². The minimum Gasteiger partial charge on any atom is -0.507 e. The Labute approximate surface area is 88.1 Å². The molecule has 4 nitrogen and oxygen atoms in total. The Morgan fingerprint density at radius 3 is 2.80 bits per heavy atom. The van der Waals surface area contributed by atoms with Gasteiger partial charge >= 0.3 is 5.97 Å². The zero-order valence-corrected chi connectivity index (χ0v) is 8.73. The second-order valence-electron chi connectivity index (χ2n) is 3.17. The standard InChI is InChI=1S/C11H14O4/c1-3-15-11(14)10(13)8-6-4-5-7(2)9(8)12/h4-6,10,12-13H,3H2,1-2H3. The summed E-state index contributed by atoms with van der Waals surface area (Å²) in [5.74, 6) is -0.823. The molecule has 1 aromatic carbocycles. The monoisotopic (exact) mass is 210 g/mol. The summed E-state index contributed by atoms with van der Waals surface area (Å²) in [5, 5.41) is 19.2. The quantitative estimate of drug-likeness (QED) is 0.738. The van der Waals surface area contributed by atoms with E-state index in [0.717, 1.165) is 0 Å². The molecule has 0 aromatic heterocycles. The highest BCUT2D eigenvalue weighted by molar-refractivity contribution is 5.77. The molecule has 0 saturated carbocycles. The molecule has 0 aliphatic heterocycles. The van der Waals surface area contributed by atoms with Gasteiger partial charge in [0.1, 0.15) is 5.75 Å². The van der Waals surface area contributed by atoms with Crippen LogP contribution in [0.4, 0.5) is 0 Å². The second-order valence-corrected chi connectivity index (χ2v) is 3.17. The summed E-state index contributed by atoms with van der Waals surface area (Å²) in [4.78, 5) is 11.2. The summed E-state index contributed by atoms with van der Waals surface area (Å²) in [5.41, 5.74) is 0.782. The number of ether oxygens (including phenoxy) is 1. The van der Waals surface area contributed by atoms with Crippen LogP contribution in [0.15, 0.2) is 18.2 Å². The lowest BCUT2D eigenvalue weighted by Gasteiger charge is -2.12. The number of hydrogen-bond acceptors (Lipinski definition) is 4. The minimum atomic E-state index is -1.43. The number of aryl methyl sites for hydroxylation is 1. The van der Waals surface area contributed by atoms with Crippen LogP contribution in [-0.4, -0.2) is 22.8 Å². The molecule has 0 spiro atoms. The van der Waals surface area contributed by atoms with Crippen molar-refractivity contribution in [1.29, 1.82) is 0 Å². The molecule has 0 heterocycles. The van der Waals surface area contributed by atoms with Gasteiger partial charge in [0.05, 0.1) is 6.61 Å². The van der Waals surface area contributed by atoms with Crippen LogP contribution in [0.25, 0.3) is 0 Å². The summed E-state index contributed by atoms with van der Waals surface area (Å²) >= 11 is 0. The van der Waals surface area contributed by atoms with Gasteiger partial charge in [-0.15, -0.1) is 0 Å². The molecule has 1 unspecified atom stereocenters. The zero-order valence-electron chi connectivity index (χ0n) is 8.73. The van der Waals surface area contributed by atoms with Gasteiger partial charge in [0.25, 0.3) is 0 Å². The van der Waals surface area contributed by atoms with Crippen LogP contribution in [0, 0.1) is 6.92 Å². The smallest absolute Gasteiger partial charge is 0.339 e. The maximum atomic E-state index is 11.2. The SMILES string of the molecule is CCOC(=O)C(O)c1cccc(C)c1O. The molecule has 0 aliphatic carbocycles. The van der Waals surface area contributed by atoms with Gasteiger partial charge in [-0.1, -0.05) is 18.2 Å². The molecule has 1 aromatic rings. The summed E-state index contributed by atoms with van der Waals surface area (Å²) in [6.07, 6.45) is -1.43. The van der Waals surface area contributed by atoms with Crippen LogP contribution in [0.1, 0.15) is 24.2 Å². The van der Waals surface area contributed by atoms with Crippen molar-refractivity contribution in [2.45, 2.75) is 20.0 Å². The van der Waals surface area contributed by atoms with E-state index in [1.165, 1.54) is 6.07 Å². The average Bonchev–Trinajstić information content (AvgIpc) is 2.21. The average molecular weight is 210 g/mol. The molecule has 0 radical (unpaired) electrons. The predicted molar refractivity (Wildman–Crippen MR) is 54.4 cm³/mol. The summed E-state index contributed by atoms with van der Waals surface area (Å²) in [6, 6.07) is 4.84. The third-order valence-electron chi connectivity index (χ3n) is 2.07.